The van der Waals surface area contributed by atoms with Crippen molar-refractivity contribution in [2.75, 3.05) is 0 Å². The largest absolute Gasteiger partial charge is 0.398 e. The first-order chi connectivity index (χ1) is 6.96. The molecule has 0 saturated heterocycles. The van der Waals surface area contributed by atoms with Gasteiger partial charge in [0.05, 0.1) is 5.69 Å². The molecular weight excluding hydrogens is 207 g/mol. The minimum atomic E-state index is -4.52. The maximum atomic E-state index is 12.4. The maximum Gasteiger partial charge on any atom is 0.398 e. The third kappa shape index (κ3) is 2.79. The number of aromatic nitrogens is 1. The second-order valence-corrected chi connectivity index (χ2v) is 3.00. The monoisotopic (exact) mass is 217 g/mol. The molecule has 1 aromatic heterocycles. The highest BCUT2D eigenvalue weighted by atomic mass is 19.4. The molecular formula is C10H10F3NO. The summed E-state index contributed by atoms with van der Waals surface area (Å²) in [5, 5.41) is 9.46. The van der Waals surface area contributed by atoms with Crippen LogP contribution in [0.4, 0.5) is 13.2 Å². The Morgan fingerprint density at radius 3 is 2.47 bits per heavy atom. The van der Waals surface area contributed by atoms with Crippen molar-refractivity contribution in [3.05, 3.63) is 42.7 Å². The summed E-state index contributed by atoms with van der Waals surface area (Å²) in [6, 6.07) is 4.42. The quantitative estimate of drug-likeness (QED) is 0.789. The van der Waals surface area contributed by atoms with Gasteiger partial charge in [-0.1, -0.05) is 12.1 Å². The topological polar surface area (TPSA) is 33.1 Å². The number of hydrogen-bond acceptors (Lipinski definition) is 2. The third-order valence-electron chi connectivity index (χ3n) is 1.96. The highest BCUT2D eigenvalue weighted by Gasteiger charge is 2.43. The Hall–Kier alpha value is -1.36. The van der Waals surface area contributed by atoms with Crippen molar-refractivity contribution in [3.8, 4) is 0 Å². The van der Waals surface area contributed by atoms with E-state index in [-0.39, 0.29) is 5.69 Å². The molecule has 2 atom stereocenters. The van der Waals surface area contributed by atoms with Crippen LogP contribution in [0.25, 0.3) is 0 Å². The average Bonchev–Trinajstić information content (AvgIpc) is 2.18. The Balaban J connectivity index is 2.92. The molecule has 1 heterocycles. The van der Waals surface area contributed by atoms with Crippen LogP contribution in [0.5, 0.6) is 0 Å². The lowest BCUT2D eigenvalue weighted by atomic mass is 9.99. The summed E-state index contributed by atoms with van der Waals surface area (Å²) in [5.74, 6) is -1.99. The van der Waals surface area contributed by atoms with Crippen LogP contribution in [0.3, 0.4) is 0 Å². The second-order valence-electron chi connectivity index (χ2n) is 3.00. The van der Waals surface area contributed by atoms with E-state index < -0.39 is 18.2 Å². The molecule has 1 N–H and O–H groups in total. The summed E-state index contributed by atoms with van der Waals surface area (Å²) in [6.07, 6.45) is -4.21. The van der Waals surface area contributed by atoms with Gasteiger partial charge in [0.15, 0.2) is 0 Å². The van der Waals surface area contributed by atoms with E-state index in [2.05, 4.69) is 11.6 Å². The van der Waals surface area contributed by atoms with E-state index in [9.17, 15) is 18.3 Å². The van der Waals surface area contributed by atoms with E-state index in [1.54, 1.807) is 6.07 Å². The zero-order chi connectivity index (χ0) is 11.5. The fourth-order valence-corrected chi connectivity index (χ4v) is 1.18. The highest BCUT2D eigenvalue weighted by Crippen LogP contribution is 2.35. The summed E-state index contributed by atoms with van der Waals surface area (Å²) in [7, 11) is 0. The Kier molecular flexibility index (Phi) is 3.47. The molecule has 2 nitrogen and oxygen atoms in total. The van der Waals surface area contributed by atoms with Gasteiger partial charge in [0, 0.05) is 6.20 Å². The van der Waals surface area contributed by atoms with Crippen molar-refractivity contribution in [3.63, 3.8) is 0 Å². The van der Waals surface area contributed by atoms with Crippen molar-refractivity contribution in [2.24, 2.45) is 5.92 Å². The van der Waals surface area contributed by atoms with Crippen LogP contribution in [0, 0.1) is 5.92 Å². The SMILES string of the molecule is C=C[C@@H]([C@H](O)c1ccccn1)C(F)(F)F. The van der Waals surface area contributed by atoms with Crippen molar-refractivity contribution in [1.82, 2.24) is 4.98 Å². The number of nitrogens with zero attached hydrogens (tertiary/aromatic N) is 1. The number of aliphatic hydroxyl groups is 1. The summed E-state index contributed by atoms with van der Waals surface area (Å²) in [6.45, 7) is 3.07. The van der Waals surface area contributed by atoms with Gasteiger partial charge < -0.3 is 5.11 Å². The molecule has 0 spiro atoms. The van der Waals surface area contributed by atoms with Gasteiger partial charge >= 0.3 is 6.18 Å². The van der Waals surface area contributed by atoms with Crippen LogP contribution in [0.2, 0.25) is 0 Å². The van der Waals surface area contributed by atoms with Gasteiger partial charge in [0.25, 0.3) is 0 Å². The number of pyridine rings is 1. The molecule has 0 amide bonds. The minimum Gasteiger partial charge on any atom is -0.386 e. The smallest absolute Gasteiger partial charge is 0.386 e. The highest BCUT2D eigenvalue weighted by molar-refractivity contribution is 5.10. The zero-order valence-corrected chi connectivity index (χ0v) is 7.78. The standard InChI is InChI=1S/C10H10F3NO/c1-2-7(10(11,12)13)9(15)8-5-3-4-6-14-8/h2-7,9,15H,1H2/t7-,9-/m0/s1. The fourth-order valence-electron chi connectivity index (χ4n) is 1.18. The van der Waals surface area contributed by atoms with Gasteiger partial charge in [-0.05, 0) is 12.1 Å². The first kappa shape index (κ1) is 11.7. The number of halogens is 3. The molecule has 0 aliphatic rings. The molecule has 82 valence electrons. The molecule has 0 bridgehead atoms. The third-order valence-corrected chi connectivity index (χ3v) is 1.96. The van der Waals surface area contributed by atoms with Crippen LogP contribution in [0.1, 0.15) is 11.8 Å². The normalized spacial score (nSPS) is 15.7. The number of hydrogen-bond donors (Lipinski definition) is 1. The maximum absolute atomic E-state index is 12.4. The zero-order valence-electron chi connectivity index (χ0n) is 7.78. The van der Waals surface area contributed by atoms with E-state index in [0.29, 0.717) is 6.08 Å². The lowest BCUT2D eigenvalue weighted by molar-refractivity contribution is -0.186. The van der Waals surface area contributed by atoms with Crippen LogP contribution >= 0.6 is 0 Å². The van der Waals surface area contributed by atoms with Gasteiger partial charge in [-0.2, -0.15) is 13.2 Å². The second kappa shape index (κ2) is 4.44. The minimum absolute atomic E-state index is 0.0141. The molecule has 0 radical (unpaired) electrons. The molecule has 5 heteroatoms. The van der Waals surface area contributed by atoms with E-state index in [1.165, 1.54) is 18.3 Å². The van der Waals surface area contributed by atoms with E-state index in [4.69, 9.17) is 0 Å². The number of aliphatic hydroxyl groups excluding tert-OH is 1. The molecule has 15 heavy (non-hydrogen) atoms. The first-order valence-corrected chi connectivity index (χ1v) is 4.25. The van der Waals surface area contributed by atoms with Crippen molar-refractivity contribution in [2.45, 2.75) is 12.3 Å². The summed E-state index contributed by atoms with van der Waals surface area (Å²) < 4.78 is 37.2. The van der Waals surface area contributed by atoms with Gasteiger partial charge in [-0.15, -0.1) is 6.58 Å². The Bertz CT molecular complexity index is 323. The molecule has 0 fully saturated rings. The van der Waals surface area contributed by atoms with E-state index in [1.807, 2.05) is 0 Å². The predicted molar refractivity (Wildman–Crippen MR) is 48.9 cm³/mol. The number of rotatable bonds is 3. The van der Waals surface area contributed by atoms with Crippen LogP contribution < -0.4 is 0 Å². The van der Waals surface area contributed by atoms with Crippen LogP contribution in [-0.4, -0.2) is 16.3 Å². The Labute approximate surface area is 85.1 Å². The molecule has 1 rings (SSSR count). The van der Waals surface area contributed by atoms with Gasteiger partial charge in [0.2, 0.25) is 0 Å². The van der Waals surface area contributed by atoms with Crippen LogP contribution in [0.15, 0.2) is 37.1 Å². The van der Waals surface area contributed by atoms with E-state index >= 15 is 0 Å². The van der Waals surface area contributed by atoms with Crippen molar-refractivity contribution in [1.29, 1.82) is 0 Å². The molecule has 1 aromatic rings. The van der Waals surface area contributed by atoms with Gasteiger partial charge in [-0.25, -0.2) is 0 Å². The first-order valence-electron chi connectivity index (χ1n) is 4.25. The Morgan fingerprint density at radius 2 is 2.07 bits per heavy atom. The summed E-state index contributed by atoms with van der Waals surface area (Å²) >= 11 is 0. The van der Waals surface area contributed by atoms with Crippen molar-refractivity contribution < 1.29 is 18.3 Å². The van der Waals surface area contributed by atoms with Gasteiger partial charge in [0.1, 0.15) is 12.0 Å². The average molecular weight is 217 g/mol. The fraction of sp³-hybridized carbons (Fsp3) is 0.300. The summed E-state index contributed by atoms with van der Waals surface area (Å²) in [5.41, 5.74) is -0.0141. The lowest BCUT2D eigenvalue weighted by Crippen LogP contribution is -2.27. The Morgan fingerprint density at radius 1 is 1.40 bits per heavy atom. The lowest BCUT2D eigenvalue weighted by Gasteiger charge is -2.21. The molecule has 0 saturated carbocycles. The molecule has 0 unspecified atom stereocenters. The number of alkyl halides is 3. The van der Waals surface area contributed by atoms with E-state index in [0.717, 1.165) is 0 Å². The molecule has 0 aliphatic carbocycles. The van der Waals surface area contributed by atoms with Crippen molar-refractivity contribution >= 4 is 0 Å². The molecule has 0 aliphatic heterocycles. The predicted octanol–water partition coefficient (Wildman–Crippen LogP) is 2.48. The van der Waals surface area contributed by atoms with Crippen LogP contribution in [-0.2, 0) is 0 Å². The van der Waals surface area contributed by atoms with Gasteiger partial charge in [-0.3, -0.25) is 4.98 Å². The molecule has 0 aromatic carbocycles. The summed E-state index contributed by atoms with van der Waals surface area (Å²) in [4.78, 5) is 3.66.